The number of ether oxygens (including phenoxy) is 1. The Bertz CT molecular complexity index is 783. The zero-order chi connectivity index (χ0) is 17.1. The van der Waals surface area contributed by atoms with Gasteiger partial charge < -0.3 is 15.0 Å². The van der Waals surface area contributed by atoms with Gasteiger partial charge in [0.05, 0.1) is 16.7 Å². The highest BCUT2D eigenvalue weighted by Crippen LogP contribution is 2.25. The average molecular weight is 377 g/mol. The van der Waals surface area contributed by atoms with Crippen molar-refractivity contribution in [1.82, 2.24) is 15.0 Å². The van der Waals surface area contributed by atoms with Crippen LogP contribution >= 0.6 is 11.8 Å². The second kappa shape index (κ2) is 8.86. The molecule has 2 fully saturated rings. The molecule has 0 spiro atoms. The molecule has 2 aromatic heterocycles. The molecule has 1 saturated carbocycles. The molecule has 26 heavy (non-hydrogen) atoms. The molecule has 2 aliphatic rings. The summed E-state index contributed by atoms with van der Waals surface area (Å²) < 4.78 is 5.40. The topological polar surface area (TPSA) is 79.9 Å². The third kappa shape index (κ3) is 4.57. The van der Waals surface area contributed by atoms with Gasteiger partial charge in [0.15, 0.2) is 0 Å². The molecule has 1 aliphatic carbocycles. The van der Waals surface area contributed by atoms with Gasteiger partial charge in [-0.25, -0.2) is 9.97 Å². The Kier molecular flexibility index (Phi) is 6.53. The minimum Gasteiger partial charge on any atom is -0.381 e. The number of pyridine rings is 1. The van der Waals surface area contributed by atoms with Crippen molar-refractivity contribution in [2.24, 2.45) is 0 Å². The Morgan fingerprint density at radius 3 is 2.77 bits per heavy atom. The first-order valence-electron chi connectivity index (χ1n) is 9.13. The van der Waals surface area contributed by atoms with Gasteiger partial charge in [-0.05, 0) is 25.7 Å². The van der Waals surface area contributed by atoms with E-state index in [1.807, 2.05) is 17.8 Å². The normalized spacial score (nSPS) is 18.8. The van der Waals surface area contributed by atoms with Crippen molar-refractivity contribution < 1.29 is 4.74 Å². The lowest BCUT2D eigenvalue weighted by atomic mass is 10.2. The van der Waals surface area contributed by atoms with Crippen LogP contribution in [-0.4, -0.2) is 39.5 Å². The van der Waals surface area contributed by atoms with Crippen LogP contribution in [0.3, 0.4) is 0 Å². The number of rotatable bonds is 5. The first-order chi connectivity index (χ1) is 12.3. The zero-order valence-corrected chi connectivity index (χ0v) is 15.1. The summed E-state index contributed by atoms with van der Waals surface area (Å²) in [5.74, 6) is 2.29. The van der Waals surface area contributed by atoms with Crippen LogP contribution in [-0.2, 0) is 10.5 Å². The lowest BCUT2D eigenvalue weighted by Crippen LogP contribution is -2.19. The van der Waals surface area contributed by atoms with Gasteiger partial charge in [0.25, 0.3) is 5.56 Å². The number of nitrogens with one attached hydrogen (secondary N) is 2. The Hall–Kier alpha value is -1.60. The smallest absolute Gasteiger partial charge is 0.260 e. The lowest BCUT2D eigenvalue weighted by molar-refractivity contribution is 0.1000. The summed E-state index contributed by atoms with van der Waals surface area (Å²) in [6, 6.07) is 2.40. The highest BCUT2D eigenvalue weighted by atomic mass is 32.2. The maximum atomic E-state index is 12.3. The number of aromatic nitrogens is 3. The predicted molar refractivity (Wildman–Crippen MR) is 108 cm³/mol. The van der Waals surface area contributed by atoms with Gasteiger partial charge in [0.1, 0.15) is 11.6 Å². The Labute approximate surface area is 158 Å². The Balaban J connectivity index is 0.00000196. The number of fused-ring (bicyclic) bond motifs is 1. The third-order valence-electron chi connectivity index (χ3n) is 4.97. The second-order valence-electron chi connectivity index (χ2n) is 6.85. The van der Waals surface area contributed by atoms with E-state index in [0.717, 1.165) is 49.0 Å². The summed E-state index contributed by atoms with van der Waals surface area (Å²) in [4.78, 5) is 24.3. The van der Waals surface area contributed by atoms with Crippen LogP contribution in [0.25, 0.3) is 10.9 Å². The SMILES string of the molecule is C.O=c1[nH]c(CSC2CCOCC2)nc2cc(NC3CCCC3)ncc12. The lowest BCUT2D eigenvalue weighted by Gasteiger charge is -2.21. The second-order valence-corrected chi connectivity index (χ2v) is 8.14. The summed E-state index contributed by atoms with van der Waals surface area (Å²) in [6.45, 7) is 1.67. The van der Waals surface area contributed by atoms with E-state index < -0.39 is 0 Å². The van der Waals surface area contributed by atoms with E-state index in [4.69, 9.17) is 4.74 Å². The van der Waals surface area contributed by atoms with Crippen LogP contribution in [0, 0.1) is 0 Å². The molecule has 0 radical (unpaired) electrons. The molecule has 2 aromatic rings. The van der Waals surface area contributed by atoms with Crippen molar-refractivity contribution in [3.63, 3.8) is 0 Å². The van der Waals surface area contributed by atoms with Crippen LogP contribution in [0.15, 0.2) is 17.1 Å². The van der Waals surface area contributed by atoms with E-state index in [1.165, 1.54) is 25.7 Å². The predicted octanol–water partition coefficient (Wildman–Crippen LogP) is 3.72. The largest absolute Gasteiger partial charge is 0.381 e. The maximum absolute atomic E-state index is 12.3. The van der Waals surface area contributed by atoms with Gasteiger partial charge in [0.2, 0.25) is 0 Å². The van der Waals surface area contributed by atoms with Crippen LogP contribution in [0.1, 0.15) is 51.8 Å². The monoisotopic (exact) mass is 376 g/mol. The van der Waals surface area contributed by atoms with E-state index in [-0.39, 0.29) is 13.0 Å². The first kappa shape index (κ1) is 19.2. The molecule has 0 aromatic carbocycles. The minimum atomic E-state index is -0.104. The molecule has 0 unspecified atom stereocenters. The highest BCUT2D eigenvalue weighted by molar-refractivity contribution is 7.99. The number of anilines is 1. The number of hydrogen-bond donors (Lipinski definition) is 2. The molecular formula is C19H28N4O2S. The number of aromatic amines is 1. The number of hydrogen-bond acceptors (Lipinski definition) is 6. The van der Waals surface area contributed by atoms with Crippen molar-refractivity contribution >= 4 is 28.5 Å². The fraction of sp³-hybridized carbons (Fsp3) is 0.632. The van der Waals surface area contributed by atoms with Crippen molar-refractivity contribution in [3.05, 3.63) is 28.4 Å². The van der Waals surface area contributed by atoms with Gasteiger partial charge in [0, 0.05) is 36.8 Å². The fourth-order valence-electron chi connectivity index (χ4n) is 3.55. The van der Waals surface area contributed by atoms with Crippen LogP contribution in [0.2, 0.25) is 0 Å². The maximum Gasteiger partial charge on any atom is 0.260 e. The molecule has 1 aliphatic heterocycles. The van der Waals surface area contributed by atoms with Gasteiger partial charge >= 0.3 is 0 Å². The van der Waals surface area contributed by atoms with Crippen molar-refractivity contribution in [1.29, 1.82) is 0 Å². The quantitative estimate of drug-likeness (QED) is 0.828. The standard InChI is InChI=1S/C18H24N4O2S.CH4/c23-18-14-10-19-16(20-12-3-1-2-4-12)9-15(14)21-17(22-18)11-25-13-5-7-24-8-6-13;/h9-10,12-13H,1-8,11H2,(H,19,20)(H,21,22,23);1H4. The summed E-state index contributed by atoms with van der Waals surface area (Å²) in [7, 11) is 0. The van der Waals surface area contributed by atoms with Crippen LogP contribution in [0.4, 0.5) is 5.82 Å². The van der Waals surface area contributed by atoms with Crippen LogP contribution < -0.4 is 10.9 Å². The summed E-state index contributed by atoms with van der Waals surface area (Å²) >= 11 is 1.85. The molecule has 0 atom stereocenters. The molecule has 7 heteroatoms. The molecule has 2 N–H and O–H groups in total. The zero-order valence-electron chi connectivity index (χ0n) is 14.3. The molecule has 1 saturated heterocycles. The van der Waals surface area contributed by atoms with E-state index in [0.29, 0.717) is 16.7 Å². The Morgan fingerprint density at radius 1 is 1.23 bits per heavy atom. The van der Waals surface area contributed by atoms with E-state index in [9.17, 15) is 4.79 Å². The fourth-order valence-corrected chi connectivity index (χ4v) is 4.61. The summed E-state index contributed by atoms with van der Waals surface area (Å²) in [6.07, 6.45) is 8.70. The van der Waals surface area contributed by atoms with E-state index >= 15 is 0 Å². The molecule has 0 amide bonds. The molecule has 4 rings (SSSR count). The highest BCUT2D eigenvalue weighted by Gasteiger charge is 2.17. The molecule has 0 bridgehead atoms. The van der Waals surface area contributed by atoms with Gasteiger partial charge in [-0.3, -0.25) is 4.79 Å². The van der Waals surface area contributed by atoms with Crippen molar-refractivity contribution in [2.75, 3.05) is 18.5 Å². The minimum absolute atomic E-state index is 0. The van der Waals surface area contributed by atoms with Gasteiger partial charge in [-0.2, -0.15) is 11.8 Å². The number of H-pyrrole nitrogens is 1. The third-order valence-corrected chi connectivity index (χ3v) is 6.35. The average Bonchev–Trinajstić information content (AvgIpc) is 3.14. The first-order valence-corrected chi connectivity index (χ1v) is 10.2. The van der Waals surface area contributed by atoms with Gasteiger partial charge in [-0.1, -0.05) is 20.3 Å². The molecule has 3 heterocycles. The summed E-state index contributed by atoms with van der Waals surface area (Å²) in [5, 5.41) is 4.62. The Morgan fingerprint density at radius 2 is 2.00 bits per heavy atom. The van der Waals surface area contributed by atoms with E-state index in [1.54, 1.807) is 6.20 Å². The molecule has 142 valence electrons. The number of nitrogens with zero attached hydrogens (tertiary/aromatic N) is 2. The number of thioether (sulfide) groups is 1. The molecular weight excluding hydrogens is 348 g/mol. The van der Waals surface area contributed by atoms with Crippen LogP contribution in [0.5, 0.6) is 0 Å². The molecule has 6 nitrogen and oxygen atoms in total. The van der Waals surface area contributed by atoms with Crippen molar-refractivity contribution in [2.45, 2.75) is 63.0 Å². The van der Waals surface area contributed by atoms with E-state index in [2.05, 4.69) is 20.3 Å². The van der Waals surface area contributed by atoms with Crippen molar-refractivity contribution in [3.8, 4) is 0 Å². The van der Waals surface area contributed by atoms with Gasteiger partial charge in [-0.15, -0.1) is 0 Å². The summed E-state index contributed by atoms with van der Waals surface area (Å²) in [5.41, 5.74) is 0.620.